The summed E-state index contributed by atoms with van der Waals surface area (Å²) in [5.74, 6) is -1.59. The number of rotatable bonds is 2. The van der Waals surface area contributed by atoms with Crippen molar-refractivity contribution in [2.45, 2.75) is 13.8 Å². The van der Waals surface area contributed by atoms with Gasteiger partial charge in [0.1, 0.15) is 0 Å². The Morgan fingerprint density at radius 2 is 1.45 bits per heavy atom. The molecule has 4 amide bonds. The summed E-state index contributed by atoms with van der Waals surface area (Å²) in [4.78, 5) is 47.8. The summed E-state index contributed by atoms with van der Waals surface area (Å²) in [6, 6.07) is 6.55. The van der Waals surface area contributed by atoms with Crippen molar-refractivity contribution in [3.05, 3.63) is 35.4 Å². The van der Waals surface area contributed by atoms with Crippen LogP contribution in [0.25, 0.3) is 0 Å². The zero-order valence-corrected chi connectivity index (χ0v) is 16.5. The second kappa shape index (κ2) is 5.70. The molecule has 1 heterocycles. The summed E-state index contributed by atoms with van der Waals surface area (Å²) in [5.41, 5.74) is 0.701. The molecule has 8 heteroatoms. The van der Waals surface area contributed by atoms with Crippen LogP contribution < -0.4 is 0 Å². The minimum absolute atomic E-state index is 0.350. The van der Waals surface area contributed by atoms with Crippen LogP contribution in [0.3, 0.4) is 0 Å². The van der Waals surface area contributed by atoms with Gasteiger partial charge in [-0.3, -0.25) is 0 Å². The standard InChI is InChI=1S/C8H5NO2.C4H7NO2.2W/c10-7-5-3-1-2-4-6(5)8(11)9-7;1-3(6)5-4(2)7;;/h1-4H,(H,9,10,11);1-2H3,(H,5,6,7);;/q;;;+2/p-2. The zero-order valence-electron chi connectivity index (χ0n) is 10.7. The molecule has 1 aromatic carbocycles. The molecule has 1 aliphatic heterocycles. The van der Waals surface area contributed by atoms with Crippen molar-refractivity contribution in [3.8, 4) is 0 Å². The van der Waals surface area contributed by atoms with Crippen molar-refractivity contribution < 1.29 is 50.8 Å². The molecule has 6 nitrogen and oxygen atoms in total. The molecule has 0 atom stereocenters. The van der Waals surface area contributed by atoms with E-state index in [4.69, 9.17) is 0 Å². The fourth-order valence-electron chi connectivity index (χ4n) is 1.83. The fourth-order valence-corrected chi connectivity index (χ4v) is 15.9. The van der Waals surface area contributed by atoms with Crippen molar-refractivity contribution in [2.75, 3.05) is 0 Å². The molecule has 20 heavy (non-hydrogen) atoms. The van der Waals surface area contributed by atoms with Gasteiger partial charge in [-0.05, 0) is 0 Å². The summed E-state index contributed by atoms with van der Waals surface area (Å²) in [6.07, 6.45) is 0. The first-order chi connectivity index (χ1) is 9.36. The van der Waals surface area contributed by atoms with Gasteiger partial charge in [0, 0.05) is 0 Å². The van der Waals surface area contributed by atoms with Gasteiger partial charge in [0.05, 0.1) is 0 Å². The predicted molar refractivity (Wildman–Crippen MR) is 60.1 cm³/mol. The molecule has 0 radical (unpaired) electrons. The van der Waals surface area contributed by atoms with E-state index in [0.29, 0.717) is 11.1 Å². The van der Waals surface area contributed by atoms with Crippen molar-refractivity contribution >= 4 is 23.6 Å². The third kappa shape index (κ3) is 2.43. The first kappa shape index (κ1) is 15.3. The third-order valence-corrected chi connectivity index (χ3v) is 16.7. The number of imide groups is 2. The number of carbonyl (C=O) groups excluding carboxylic acids is 4. The SMILES string of the molecule is CC(=O)[N](C(C)=O)[W]([W])[N]1C(=O)c2ccccc2C1=O. The van der Waals surface area contributed by atoms with Crippen LogP contribution in [-0.4, -0.2) is 30.5 Å². The van der Waals surface area contributed by atoms with E-state index in [-0.39, 0.29) is 11.8 Å². The van der Waals surface area contributed by atoms with Gasteiger partial charge < -0.3 is 0 Å². The number of fused-ring (bicyclic) bond motifs is 1. The second-order valence-corrected chi connectivity index (χ2v) is 17.1. The summed E-state index contributed by atoms with van der Waals surface area (Å²) >= 11 is -2.11. The number of carbonyl (C=O) groups is 4. The van der Waals surface area contributed by atoms with Crippen LogP contribution in [0.1, 0.15) is 34.6 Å². The van der Waals surface area contributed by atoms with E-state index in [1.165, 1.54) is 17.3 Å². The summed E-state index contributed by atoms with van der Waals surface area (Å²) < 4.78 is 2.29. The van der Waals surface area contributed by atoms with Crippen LogP contribution in [0.2, 0.25) is 0 Å². The number of amides is 4. The third-order valence-electron chi connectivity index (χ3n) is 2.64. The van der Waals surface area contributed by atoms with Crippen LogP contribution in [0.5, 0.6) is 0 Å². The molecule has 0 unspecified atom stereocenters. The quantitative estimate of drug-likeness (QED) is 0.458. The van der Waals surface area contributed by atoms with Gasteiger partial charge in [0.2, 0.25) is 0 Å². The molecule has 0 fully saturated rings. The van der Waals surface area contributed by atoms with Gasteiger partial charge in [-0.1, -0.05) is 0 Å². The number of nitrogens with zero attached hydrogens (tertiary/aromatic N) is 2. The normalized spacial score (nSPS) is 13.7. The maximum absolute atomic E-state index is 12.3. The van der Waals surface area contributed by atoms with Crippen molar-refractivity contribution in [2.24, 2.45) is 0 Å². The monoisotopic (exact) mass is 614 g/mol. The Morgan fingerprint density at radius 1 is 1.05 bits per heavy atom. The number of hydrogen-bond acceptors (Lipinski definition) is 4. The first-order valence-corrected chi connectivity index (χ1v) is 19.2. The maximum atomic E-state index is 12.3. The van der Waals surface area contributed by atoms with E-state index < -0.39 is 26.6 Å². The Kier molecular flexibility index (Phi) is 4.35. The van der Waals surface area contributed by atoms with Crippen LogP contribution in [-0.2, 0) is 41.2 Å². The molecule has 0 saturated heterocycles. The molecule has 1 aromatic rings. The van der Waals surface area contributed by atoms with E-state index in [1.807, 2.05) is 0 Å². The number of hydrogen-bond donors (Lipinski definition) is 0. The van der Waals surface area contributed by atoms with Gasteiger partial charge in [0.15, 0.2) is 0 Å². The van der Waals surface area contributed by atoms with Gasteiger partial charge in [-0.15, -0.1) is 0 Å². The molecule has 0 spiro atoms. The molecule has 104 valence electrons. The predicted octanol–water partition coefficient (Wildman–Crippen LogP) is 0.588. The first-order valence-electron chi connectivity index (χ1n) is 5.57. The molecular weight excluding hydrogens is 604 g/mol. The number of benzene rings is 1. The van der Waals surface area contributed by atoms with Gasteiger partial charge in [-0.2, -0.15) is 0 Å². The van der Waals surface area contributed by atoms with Crippen molar-refractivity contribution in [1.29, 1.82) is 0 Å². The summed E-state index contributed by atoms with van der Waals surface area (Å²) in [5, 5.41) is 0. The second-order valence-electron chi connectivity index (χ2n) is 4.01. The average molecular weight is 614 g/mol. The average Bonchev–Trinajstić information content (AvgIpc) is 2.61. The van der Waals surface area contributed by atoms with E-state index in [2.05, 4.69) is 0 Å². The summed E-state index contributed by atoms with van der Waals surface area (Å²) in [6.45, 7) is 2.56. The summed E-state index contributed by atoms with van der Waals surface area (Å²) in [7, 11) is 0. The Morgan fingerprint density at radius 3 is 1.80 bits per heavy atom. The van der Waals surface area contributed by atoms with E-state index in [1.54, 1.807) is 24.3 Å². The molecule has 0 saturated carbocycles. The fraction of sp³-hybridized carbons (Fsp3) is 0.167. The van der Waals surface area contributed by atoms with Crippen LogP contribution in [0.4, 0.5) is 0 Å². The molecule has 0 bridgehead atoms. The van der Waals surface area contributed by atoms with Crippen LogP contribution in [0.15, 0.2) is 24.3 Å². The van der Waals surface area contributed by atoms with Crippen LogP contribution >= 0.6 is 0 Å². The molecule has 0 N–H and O–H groups in total. The van der Waals surface area contributed by atoms with Crippen molar-refractivity contribution in [1.82, 2.24) is 6.92 Å². The van der Waals surface area contributed by atoms with E-state index in [9.17, 15) is 19.2 Å². The van der Waals surface area contributed by atoms with E-state index in [0.717, 1.165) is 20.3 Å². The Hall–Kier alpha value is -1.12. The van der Waals surface area contributed by atoms with Crippen LogP contribution in [0, 0.1) is 0 Å². The molecule has 1 aliphatic rings. The van der Waals surface area contributed by atoms with Gasteiger partial charge in [0.25, 0.3) is 0 Å². The minimum atomic E-state index is -3.06. The topological polar surface area (TPSA) is 74.8 Å². The molecular formula is C12H10N2O4W2. The Labute approximate surface area is 130 Å². The molecule has 0 aliphatic carbocycles. The van der Waals surface area contributed by atoms with Crippen molar-refractivity contribution in [3.63, 3.8) is 0 Å². The Balaban J connectivity index is 2.41. The molecule has 0 aromatic heterocycles. The van der Waals surface area contributed by atoms with Gasteiger partial charge in [-0.25, -0.2) is 0 Å². The zero-order chi connectivity index (χ0) is 15.0. The van der Waals surface area contributed by atoms with E-state index >= 15 is 0 Å². The molecule has 2 rings (SSSR count). The Bertz CT molecular complexity index is 583. The van der Waals surface area contributed by atoms with Gasteiger partial charge >= 0.3 is 131 Å².